The molecule has 0 aliphatic carbocycles. The third kappa shape index (κ3) is 3.04. The molecule has 0 amide bonds. The first-order valence-electron chi connectivity index (χ1n) is 6.48. The number of Topliss-reactive ketones (excluding diaryl/α,β-unsaturated/α-hetero) is 1. The van der Waals surface area contributed by atoms with Gasteiger partial charge >= 0.3 is 0 Å². The number of hydrogen-bond donors (Lipinski definition) is 0. The first-order valence-corrected chi connectivity index (χ1v) is 7.92. The summed E-state index contributed by atoms with van der Waals surface area (Å²) in [6.07, 6.45) is 1.53. The van der Waals surface area contributed by atoms with Gasteiger partial charge in [-0.25, -0.2) is 8.42 Å². The highest BCUT2D eigenvalue weighted by molar-refractivity contribution is 7.89. The van der Waals surface area contributed by atoms with Crippen LogP contribution in [0.3, 0.4) is 0 Å². The third-order valence-corrected chi connectivity index (χ3v) is 5.45. The van der Waals surface area contributed by atoms with E-state index in [0.29, 0.717) is 18.0 Å². The van der Waals surface area contributed by atoms with Gasteiger partial charge < -0.3 is 0 Å². The summed E-state index contributed by atoms with van der Waals surface area (Å²) in [5.74, 6) is -0.0857. The molecule has 1 fully saturated rings. The predicted octanol–water partition coefficient (Wildman–Crippen LogP) is 1.98. The molecule has 5 heteroatoms. The van der Waals surface area contributed by atoms with Crippen molar-refractivity contribution in [3.05, 3.63) is 29.8 Å². The van der Waals surface area contributed by atoms with Crippen LogP contribution in [0.5, 0.6) is 0 Å². The Bertz CT molecular complexity index is 580. The zero-order chi connectivity index (χ0) is 14.0. The van der Waals surface area contributed by atoms with E-state index in [4.69, 9.17) is 0 Å². The van der Waals surface area contributed by atoms with Crippen LogP contribution in [-0.4, -0.2) is 31.6 Å². The maximum Gasteiger partial charge on any atom is 0.243 e. The number of ketones is 1. The molecule has 1 atom stereocenters. The molecule has 1 aliphatic rings. The second kappa shape index (κ2) is 5.43. The minimum absolute atomic E-state index is 0.0733. The van der Waals surface area contributed by atoms with Crippen LogP contribution in [0.2, 0.25) is 0 Å². The van der Waals surface area contributed by atoms with Gasteiger partial charge in [0, 0.05) is 19.0 Å². The molecule has 1 heterocycles. The normalized spacial score (nSPS) is 21.3. The van der Waals surface area contributed by atoms with Crippen molar-refractivity contribution < 1.29 is 13.2 Å². The largest absolute Gasteiger partial charge is 0.300 e. The highest BCUT2D eigenvalue weighted by Gasteiger charge is 2.31. The van der Waals surface area contributed by atoms with Gasteiger partial charge in [0.2, 0.25) is 10.0 Å². The van der Waals surface area contributed by atoms with Crippen LogP contribution >= 0.6 is 0 Å². The molecule has 0 aromatic heterocycles. The van der Waals surface area contributed by atoms with Crippen LogP contribution in [0.15, 0.2) is 29.2 Å². The lowest BCUT2D eigenvalue weighted by Gasteiger charge is -2.30. The quantitative estimate of drug-likeness (QED) is 0.851. The zero-order valence-corrected chi connectivity index (χ0v) is 12.1. The summed E-state index contributed by atoms with van der Waals surface area (Å²) >= 11 is 0. The van der Waals surface area contributed by atoms with Gasteiger partial charge in [-0.3, -0.25) is 4.79 Å². The first kappa shape index (κ1) is 14.2. The van der Waals surface area contributed by atoms with E-state index in [-0.39, 0.29) is 11.7 Å². The van der Waals surface area contributed by atoms with Crippen molar-refractivity contribution in [2.45, 2.75) is 31.6 Å². The average molecular weight is 281 g/mol. The van der Waals surface area contributed by atoms with Crippen LogP contribution in [0.4, 0.5) is 0 Å². The fourth-order valence-electron chi connectivity index (χ4n) is 2.42. The molecule has 1 unspecified atom stereocenters. The van der Waals surface area contributed by atoms with E-state index in [2.05, 4.69) is 0 Å². The fraction of sp³-hybridized carbons (Fsp3) is 0.500. The summed E-state index contributed by atoms with van der Waals surface area (Å²) in [5.41, 5.74) is 0.918. The lowest BCUT2D eigenvalue weighted by Crippen LogP contribution is -2.41. The van der Waals surface area contributed by atoms with E-state index < -0.39 is 10.0 Å². The van der Waals surface area contributed by atoms with Crippen molar-refractivity contribution in [2.75, 3.05) is 13.1 Å². The SMILES string of the molecule is CC(=O)C1CCCN(S(=O)(=O)c2cccc(C)c2)C1. The molecular formula is C14H19NO3S. The number of hydrogen-bond acceptors (Lipinski definition) is 3. The van der Waals surface area contributed by atoms with Crippen LogP contribution in [0.1, 0.15) is 25.3 Å². The van der Waals surface area contributed by atoms with Gasteiger partial charge in [0.1, 0.15) is 5.78 Å². The number of benzene rings is 1. The topological polar surface area (TPSA) is 54.5 Å². The molecule has 0 N–H and O–H groups in total. The van der Waals surface area contributed by atoms with Crippen molar-refractivity contribution >= 4 is 15.8 Å². The summed E-state index contributed by atoms with van der Waals surface area (Å²) in [5, 5.41) is 0. The van der Waals surface area contributed by atoms with E-state index in [0.717, 1.165) is 18.4 Å². The highest BCUT2D eigenvalue weighted by atomic mass is 32.2. The molecule has 1 aromatic carbocycles. The fourth-order valence-corrected chi connectivity index (χ4v) is 4.05. The van der Waals surface area contributed by atoms with Gasteiger partial charge in [-0.1, -0.05) is 12.1 Å². The molecule has 1 saturated heterocycles. The van der Waals surface area contributed by atoms with Crippen molar-refractivity contribution in [2.24, 2.45) is 5.92 Å². The molecule has 19 heavy (non-hydrogen) atoms. The Morgan fingerprint density at radius 3 is 2.74 bits per heavy atom. The zero-order valence-electron chi connectivity index (χ0n) is 11.3. The van der Waals surface area contributed by atoms with Crippen molar-refractivity contribution in [1.82, 2.24) is 4.31 Å². The predicted molar refractivity (Wildman–Crippen MR) is 73.3 cm³/mol. The van der Waals surface area contributed by atoms with Gasteiger partial charge in [-0.05, 0) is 44.4 Å². The Hall–Kier alpha value is -1.20. The Morgan fingerprint density at radius 2 is 2.11 bits per heavy atom. The Labute approximate surface area is 114 Å². The van der Waals surface area contributed by atoms with E-state index in [1.165, 1.54) is 11.2 Å². The summed E-state index contributed by atoms with van der Waals surface area (Å²) < 4.78 is 26.5. The number of rotatable bonds is 3. The number of carbonyl (C=O) groups is 1. The van der Waals surface area contributed by atoms with Crippen LogP contribution in [0.25, 0.3) is 0 Å². The van der Waals surface area contributed by atoms with Gasteiger partial charge in [0.05, 0.1) is 4.90 Å². The van der Waals surface area contributed by atoms with E-state index in [1.807, 2.05) is 13.0 Å². The third-order valence-electron chi connectivity index (χ3n) is 3.59. The second-order valence-corrected chi connectivity index (χ2v) is 7.07. The van der Waals surface area contributed by atoms with Crippen LogP contribution in [0, 0.1) is 12.8 Å². The lowest BCUT2D eigenvalue weighted by molar-refractivity contribution is -0.121. The minimum Gasteiger partial charge on any atom is -0.300 e. The van der Waals surface area contributed by atoms with Crippen LogP contribution < -0.4 is 0 Å². The smallest absolute Gasteiger partial charge is 0.243 e. The first-order chi connectivity index (χ1) is 8.91. The summed E-state index contributed by atoms with van der Waals surface area (Å²) in [6.45, 7) is 4.21. The molecule has 0 spiro atoms. The number of carbonyl (C=O) groups excluding carboxylic acids is 1. The Morgan fingerprint density at radius 1 is 1.37 bits per heavy atom. The van der Waals surface area contributed by atoms with Gasteiger partial charge in [0.25, 0.3) is 0 Å². The molecule has 104 valence electrons. The molecule has 0 radical (unpaired) electrons. The van der Waals surface area contributed by atoms with Crippen molar-refractivity contribution in [3.8, 4) is 0 Å². The average Bonchev–Trinajstić information content (AvgIpc) is 2.39. The molecule has 2 rings (SSSR count). The van der Waals surface area contributed by atoms with E-state index in [9.17, 15) is 13.2 Å². The number of sulfonamides is 1. The van der Waals surface area contributed by atoms with Crippen molar-refractivity contribution in [1.29, 1.82) is 0 Å². The summed E-state index contributed by atoms with van der Waals surface area (Å²) in [6, 6.07) is 6.90. The molecule has 1 aliphatic heterocycles. The van der Waals surface area contributed by atoms with Gasteiger partial charge in [0.15, 0.2) is 0 Å². The highest BCUT2D eigenvalue weighted by Crippen LogP contribution is 2.24. The van der Waals surface area contributed by atoms with Gasteiger partial charge in [-0.15, -0.1) is 0 Å². The minimum atomic E-state index is -3.47. The second-order valence-electron chi connectivity index (χ2n) is 5.13. The standard InChI is InChI=1S/C14H19NO3S/c1-11-5-3-7-14(9-11)19(17,18)15-8-4-6-13(10-15)12(2)16/h3,5,7,9,13H,4,6,8,10H2,1-2H3. The molecule has 4 nitrogen and oxygen atoms in total. The number of aryl methyl sites for hydroxylation is 1. The van der Waals surface area contributed by atoms with Crippen LogP contribution in [-0.2, 0) is 14.8 Å². The number of nitrogens with zero attached hydrogens (tertiary/aromatic N) is 1. The van der Waals surface area contributed by atoms with E-state index in [1.54, 1.807) is 18.2 Å². The maximum absolute atomic E-state index is 12.5. The van der Waals surface area contributed by atoms with E-state index >= 15 is 0 Å². The molecule has 0 bridgehead atoms. The molecular weight excluding hydrogens is 262 g/mol. The Kier molecular flexibility index (Phi) is 4.06. The monoisotopic (exact) mass is 281 g/mol. The molecule has 1 aromatic rings. The summed E-state index contributed by atoms with van der Waals surface area (Å²) in [4.78, 5) is 11.8. The number of piperidine rings is 1. The maximum atomic E-state index is 12.5. The Balaban J connectivity index is 2.27. The molecule has 0 saturated carbocycles. The summed E-state index contributed by atoms with van der Waals surface area (Å²) in [7, 11) is -3.47. The lowest BCUT2D eigenvalue weighted by atomic mass is 9.96. The van der Waals surface area contributed by atoms with Gasteiger partial charge in [-0.2, -0.15) is 4.31 Å². The van der Waals surface area contributed by atoms with Crippen molar-refractivity contribution in [3.63, 3.8) is 0 Å².